The summed E-state index contributed by atoms with van der Waals surface area (Å²) in [6, 6.07) is 6.53. The van der Waals surface area contributed by atoms with Gasteiger partial charge in [-0.2, -0.15) is 4.31 Å². The molecule has 0 radical (unpaired) electrons. The van der Waals surface area contributed by atoms with Crippen LogP contribution in [0.25, 0.3) is 0 Å². The van der Waals surface area contributed by atoms with Crippen LogP contribution in [-0.2, 0) is 19.6 Å². The lowest BCUT2D eigenvalue weighted by Crippen LogP contribution is -2.30. The molecular formula is C12H17NO5S. The molecule has 1 aromatic rings. The van der Waals surface area contributed by atoms with Crippen LogP contribution in [0.15, 0.2) is 29.2 Å². The van der Waals surface area contributed by atoms with Gasteiger partial charge in [0.15, 0.2) is 0 Å². The van der Waals surface area contributed by atoms with E-state index in [0.29, 0.717) is 0 Å². The summed E-state index contributed by atoms with van der Waals surface area (Å²) in [5, 5.41) is 8.39. The van der Waals surface area contributed by atoms with Crippen LogP contribution in [0.2, 0.25) is 0 Å². The summed E-state index contributed by atoms with van der Waals surface area (Å²) in [5.41, 5.74) is 0.978. The molecule has 1 aromatic carbocycles. The topological polar surface area (TPSA) is 83.9 Å². The first-order valence-corrected chi connectivity index (χ1v) is 7.10. The zero-order valence-corrected chi connectivity index (χ0v) is 11.7. The minimum absolute atomic E-state index is 0.0356. The van der Waals surface area contributed by atoms with Crippen LogP contribution < -0.4 is 0 Å². The molecule has 0 heterocycles. The molecule has 0 amide bonds. The molecule has 0 atom stereocenters. The summed E-state index contributed by atoms with van der Waals surface area (Å²) < 4.78 is 30.2. The molecule has 0 fully saturated rings. The maximum absolute atomic E-state index is 12.1. The summed E-state index contributed by atoms with van der Waals surface area (Å²) in [5.74, 6) is -1.08. The van der Waals surface area contributed by atoms with Gasteiger partial charge in [0.05, 0.1) is 11.5 Å². The molecule has 1 rings (SSSR count). The SMILES string of the molecule is Cc1ccc(S(=O)(=O)N(C)CCOCC(=O)O)cc1. The number of sulfonamides is 1. The average Bonchev–Trinajstić information content (AvgIpc) is 2.34. The number of ether oxygens (including phenoxy) is 1. The maximum Gasteiger partial charge on any atom is 0.329 e. The quantitative estimate of drug-likeness (QED) is 0.747. The zero-order valence-electron chi connectivity index (χ0n) is 10.9. The van der Waals surface area contributed by atoms with Gasteiger partial charge in [0.2, 0.25) is 10.0 Å². The Hall–Kier alpha value is -1.44. The molecule has 0 saturated heterocycles. The lowest BCUT2D eigenvalue weighted by atomic mass is 10.2. The van der Waals surface area contributed by atoms with E-state index in [9.17, 15) is 13.2 Å². The van der Waals surface area contributed by atoms with Gasteiger partial charge in [0, 0.05) is 13.6 Å². The summed E-state index contributed by atoms with van der Waals surface area (Å²) in [6.07, 6.45) is 0. The number of carboxylic acids is 1. The molecule has 19 heavy (non-hydrogen) atoms. The van der Waals surface area contributed by atoms with Crippen molar-refractivity contribution in [3.8, 4) is 0 Å². The number of hydrogen-bond donors (Lipinski definition) is 1. The Balaban J connectivity index is 2.61. The summed E-state index contributed by atoms with van der Waals surface area (Å²) in [7, 11) is -2.12. The lowest BCUT2D eigenvalue weighted by Gasteiger charge is -2.17. The van der Waals surface area contributed by atoms with Gasteiger partial charge >= 0.3 is 5.97 Å². The predicted molar refractivity (Wildman–Crippen MR) is 69.4 cm³/mol. The Morgan fingerprint density at radius 1 is 1.32 bits per heavy atom. The van der Waals surface area contributed by atoms with Crippen molar-refractivity contribution in [2.75, 3.05) is 26.8 Å². The molecule has 7 heteroatoms. The van der Waals surface area contributed by atoms with Crippen molar-refractivity contribution < 1.29 is 23.1 Å². The lowest BCUT2D eigenvalue weighted by molar-refractivity contribution is -0.142. The van der Waals surface area contributed by atoms with E-state index in [1.165, 1.54) is 7.05 Å². The van der Waals surface area contributed by atoms with Gasteiger partial charge in [-0.3, -0.25) is 0 Å². The van der Waals surface area contributed by atoms with Crippen molar-refractivity contribution in [1.29, 1.82) is 0 Å². The largest absolute Gasteiger partial charge is 0.480 e. The van der Waals surface area contributed by atoms with Crippen LogP contribution in [-0.4, -0.2) is 50.6 Å². The van der Waals surface area contributed by atoms with E-state index >= 15 is 0 Å². The molecule has 0 aliphatic carbocycles. The maximum atomic E-state index is 12.1. The van der Waals surface area contributed by atoms with Crippen LogP contribution in [0.1, 0.15) is 5.56 Å². The van der Waals surface area contributed by atoms with E-state index in [-0.39, 0.29) is 18.0 Å². The molecule has 0 aliphatic heterocycles. The van der Waals surface area contributed by atoms with Crippen LogP contribution in [0, 0.1) is 6.92 Å². The molecular weight excluding hydrogens is 270 g/mol. The fraction of sp³-hybridized carbons (Fsp3) is 0.417. The Bertz CT molecular complexity index is 524. The number of nitrogens with zero attached hydrogens (tertiary/aromatic N) is 1. The van der Waals surface area contributed by atoms with Crippen LogP contribution in [0.5, 0.6) is 0 Å². The van der Waals surface area contributed by atoms with Crippen molar-refractivity contribution in [2.45, 2.75) is 11.8 Å². The molecule has 0 bridgehead atoms. The van der Waals surface area contributed by atoms with Crippen molar-refractivity contribution in [1.82, 2.24) is 4.31 Å². The van der Waals surface area contributed by atoms with E-state index in [2.05, 4.69) is 0 Å². The van der Waals surface area contributed by atoms with Crippen LogP contribution >= 0.6 is 0 Å². The van der Waals surface area contributed by atoms with Crippen molar-refractivity contribution in [3.63, 3.8) is 0 Å². The second-order valence-corrected chi connectivity index (χ2v) is 6.13. The third-order valence-corrected chi connectivity index (χ3v) is 4.38. The van der Waals surface area contributed by atoms with Gasteiger partial charge in [-0.25, -0.2) is 13.2 Å². The molecule has 0 saturated carbocycles. The van der Waals surface area contributed by atoms with E-state index in [1.807, 2.05) is 6.92 Å². The third-order valence-electron chi connectivity index (χ3n) is 2.51. The average molecular weight is 287 g/mol. The first-order chi connectivity index (χ1) is 8.84. The number of benzene rings is 1. The Kier molecular flexibility index (Phi) is 5.46. The number of carboxylic acid groups (broad SMARTS) is 1. The third kappa shape index (κ3) is 4.62. The van der Waals surface area contributed by atoms with Crippen molar-refractivity contribution >= 4 is 16.0 Å². The molecule has 0 unspecified atom stereocenters. The standard InChI is InChI=1S/C12H17NO5S/c1-10-3-5-11(6-4-10)19(16,17)13(2)7-8-18-9-12(14)15/h3-6H,7-9H2,1-2H3,(H,14,15). The number of likely N-dealkylation sites (N-methyl/N-ethyl adjacent to an activating group) is 1. The molecule has 0 aliphatic rings. The Morgan fingerprint density at radius 3 is 2.42 bits per heavy atom. The van der Waals surface area contributed by atoms with Crippen molar-refractivity contribution in [2.24, 2.45) is 0 Å². The normalized spacial score (nSPS) is 11.7. The van der Waals surface area contributed by atoms with Gasteiger partial charge in [-0.1, -0.05) is 17.7 Å². The van der Waals surface area contributed by atoms with Crippen LogP contribution in [0.4, 0.5) is 0 Å². The van der Waals surface area contributed by atoms with Gasteiger partial charge in [-0.15, -0.1) is 0 Å². The highest BCUT2D eigenvalue weighted by Gasteiger charge is 2.20. The number of aliphatic carboxylic acids is 1. The second kappa shape index (κ2) is 6.65. The second-order valence-electron chi connectivity index (χ2n) is 4.09. The molecule has 0 aromatic heterocycles. The summed E-state index contributed by atoms with van der Waals surface area (Å²) >= 11 is 0. The number of hydrogen-bond acceptors (Lipinski definition) is 4. The number of aryl methyl sites for hydroxylation is 1. The number of rotatable bonds is 7. The Labute approximate surface area is 112 Å². The fourth-order valence-corrected chi connectivity index (χ4v) is 2.52. The summed E-state index contributed by atoms with van der Waals surface area (Å²) in [6.45, 7) is 1.58. The molecule has 1 N–H and O–H groups in total. The van der Waals surface area contributed by atoms with E-state index in [1.54, 1.807) is 24.3 Å². The van der Waals surface area contributed by atoms with E-state index in [4.69, 9.17) is 9.84 Å². The summed E-state index contributed by atoms with van der Waals surface area (Å²) in [4.78, 5) is 10.4. The predicted octanol–water partition coefficient (Wildman–Crippen LogP) is 0.717. The van der Waals surface area contributed by atoms with Gasteiger partial charge < -0.3 is 9.84 Å². The first kappa shape index (κ1) is 15.6. The Morgan fingerprint density at radius 2 is 1.89 bits per heavy atom. The highest BCUT2D eigenvalue weighted by molar-refractivity contribution is 7.89. The minimum Gasteiger partial charge on any atom is -0.480 e. The van der Waals surface area contributed by atoms with Gasteiger partial charge in [-0.05, 0) is 19.1 Å². The zero-order chi connectivity index (χ0) is 14.5. The highest BCUT2D eigenvalue weighted by Crippen LogP contribution is 2.14. The van der Waals surface area contributed by atoms with E-state index < -0.39 is 22.6 Å². The fourth-order valence-electron chi connectivity index (χ4n) is 1.36. The molecule has 0 spiro atoms. The smallest absolute Gasteiger partial charge is 0.329 e. The van der Waals surface area contributed by atoms with E-state index in [0.717, 1.165) is 9.87 Å². The minimum atomic E-state index is -3.55. The molecule has 106 valence electrons. The monoisotopic (exact) mass is 287 g/mol. The van der Waals surface area contributed by atoms with Gasteiger partial charge in [0.1, 0.15) is 6.61 Å². The van der Waals surface area contributed by atoms with Gasteiger partial charge in [0.25, 0.3) is 0 Å². The first-order valence-electron chi connectivity index (χ1n) is 5.66. The number of carbonyl (C=O) groups is 1. The van der Waals surface area contributed by atoms with Crippen molar-refractivity contribution in [3.05, 3.63) is 29.8 Å². The van der Waals surface area contributed by atoms with Crippen LogP contribution in [0.3, 0.4) is 0 Å². The molecule has 6 nitrogen and oxygen atoms in total. The highest BCUT2D eigenvalue weighted by atomic mass is 32.2.